The Hall–Kier alpha value is -2.74. The number of benzene rings is 1. The minimum absolute atomic E-state index is 0.0369. The highest BCUT2D eigenvalue weighted by Gasteiger charge is 2.39. The van der Waals surface area contributed by atoms with Crippen molar-refractivity contribution in [1.82, 2.24) is 15.5 Å². The lowest BCUT2D eigenvalue weighted by molar-refractivity contribution is -0.137. The molecule has 32 heavy (non-hydrogen) atoms. The van der Waals surface area contributed by atoms with Crippen molar-refractivity contribution in [1.29, 1.82) is 0 Å². The molecule has 0 bridgehead atoms. The van der Waals surface area contributed by atoms with Gasteiger partial charge < -0.3 is 16.0 Å². The lowest BCUT2D eigenvalue weighted by atomic mass is 10.0. The van der Waals surface area contributed by atoms with Crippen LogP contribution in [0.1, 0.15) is 85.7 Å². The molecule has 174 valence electrons. The van der Waals surface area contributed by atoms with Crippen molar-refractivity contribution < 1.29 is 19.2 Å². The highest BCUT2D eigenvalue weighted by Crippen LogP contribution is 2.28. The minimum atomic E-state index is -0.614. The van der Waals surface area contributed by atoms with Crippen LogP contribution in [-0.4, -0.2) is 41.1 Å². The Balaban J connectivity index is 1.41. The minimum Gasteiger partial charge on any atom is -0.352 e. The smallest absolute Gasteiger partial charge is 0.255 e. The fraction of sp³-hybridized carbons (Fsp3) is 0.583. The molecule has 2 aliphatic heterocycles. The van der Waals surface area contributed by atoms with Gasteiger partial charge in [-0.05, 0) is 43.0 Å². The van der Waals surface area contributed by atoms with Crippen LogP contribution in [0, 0.1) is 0 Å². The van der Waals surface area contributed by atoms with E-state index in [9.17, 15) is 19.2 Å². The van der Waals surface area contributed by atoms with Crippen LogP contribution in [0.3, 0.4) is 0 Å². The van der Waals surface area contributed by atoms with Crippen LogP contribution in [0.5, 0.6) is 0 Å². The quantitative estimate of drug-likeness (QED) is 0.338. The van der Waals surface area contributed by atoms with Crippen molar-refractivity contribution in [3.05, 3.63) is 34.9 Å². The number of piperidine rings is 1. The molecule has 0 aliphatic carbocycles. The van der Waals surface area contributed by atoms with Gasteiger partial charge in [0.05, 0.1) is 0 Å². The lowest BCUT2D eigenvalue weighted by Crippen LogP contribution is -2.52. The Morgan fingerprint density at radius 3 is 2.50 bits per heavy atom. The summed E-state index contributed by atoms with van der Waals surface area (Å²) < 4.78 is 0. The number of rotatable bonds is 12. The highest BCUT2D eigenvalue weighted by atomic mass is 16.2. The lowest BCUT2D eigenvalue weighted by Gasteiger charge is -2.29. The molecule has 1 unspecified atom stereocenters. The number of fused-ring (bicyclic) bond motifs is 1. The van der Waals surface area contributed by atoms with E-state index in [4.69, 9.17) is 5.73 Å². The monoisotopic (exact) mass is 442 g/mol. The summed E-state index contributed by atoms with van der Waals surface area (Å²) in [4.78, 5) is 49.9. The third kappa shape index (κ3) is 6.38. The van der Waals surface area contributed by atoms with Crippen molar-refractivity contribution in [2.24, 2.45) is 5.73 Å². The standard InChI is InChI=1S/C24H34N4O4/c25-13-7-5-3-1-2-4-6-8-21(29)26-15-17-9-10-19-18(14-17)16-28(24(19)32)20-11-12-22(30)27-23(20)31/h9-10,14,20H,1-8,11-13,15-16,25H2,(H,26,29)(H,27,30,31). The van der Waals surface area contributed by atoms with Crippen LogP contribution in [-0.2, 0) is 27.5 Å². The maximum atomic E-state index is 12.7. The first-order chi connectivity index (χ1) is 15.5. The average molecular weight is 443 g/mol. The van der Waals surface area contributed by atoms with Gasteiger partial charge in [0.25, 0.3) is 5.91 Å². The Morgan fingerprint density at radius 2 is 1.78 bits per heavy atom. The largest absolute Gasteiger partial charge is 0.352 e. The second-order valence-corrected chi connectivity index (χ2v) is 8.68. The van der Waals surface area contributed by atoms with Crippen LogP contribution < -0.4 is 16.4 Å². The van der Waals surface area contributed by atoms with Gasteiger partial charge in [0.1, 0.15) is 6.04 Å². The maximum Gasteiger partial charge on any atom is 0.255 e. The predicted molar refractivity (Wildman–Crippen MR) is 120 cm³/mol. The molecule has 0 spiro atoms. The van der Waals surface area contributed by atoms with Crippen molar-refractivity contribution >= 4 is 23.6 Å². The fourth-order valence-electron chi connectivity index (χ4n) is 4.34. The van der Waals surface area contributed by atoms with Crippen molar-refractivity contribution in [2.45, 2.75) is 83.3 Å². The number of amides is 4. The molecule has 3 rings (SSSR count). The average Bonchev–Trinajstić information content (AvgIpc) is 3.09. The van der Waals surface area contributed by atoms with Gasteiger partial charge in [-0.3, -0.25) is 24.5 Å². The SMILES string of the molecule is NCCCCCCCCCC(=O)NCc1ccc2c(c1)CN(C1CCC(=O)NC1=O)C2=O. The fourth-order valence-corrected chi connectivity index (χ4v) is 4.34. The number of carbonyl (C=O) groups excluding carboxylic acids is 4. The summed E-state index contributed by atoms with van der Waals surface area (Å²) in [6, 6.07) is 4.90. The second-order valence-electron chi connectivity index (χ2n) is 8.68. The van der Waals surface area contributed by atoms with E-state index in [0.717, 1.165) is 43.4 Å². The van der Waals surface area contributed by atoms with Gasteiger partial charge in [-0.2, -0.15) is 0 Å². The van der Waals surface area contributed by atoms with Crippen LogP contribution >= 0.6 is 0 Å². The van der Waals surface area contributed by atoms with E-state index in [1.807, 2.05) is 12.1 Å². The number of nitrogens with one attached hydrogen (secondary N) is 2. The molecular formula is C24H34N4O4. The number of hydrogen-bond acceptors (Lipinski definition) is 5. The van der Waals surface area contributed by atoms with Gasteiger partial charge in [-0.25, -0.2) is 0 Å². The Labute approximate surface area is 189 Å². The Kier molecular flexibility index (Phi) is 8.79. The number of nitrogens with zero attached hydrogens (tertiary/aromatic N) is 1. The summed E-state index contributed by atoms with van der Waals surface area (Å²) in [5.41, 5.74) is 7.84. The van der Waals surface area contributed by atoms with Gasteiger partial charge in [-0.1, -0.05) is 44.2 Å². The van der Waals surface area contributed by atoms with Crippen LogP contribution in [0.4, 0.5) is 0 Å². The number of hydrogen-bond donors (Lipinski definition) is 3. The molecule has 8 nitrogen and oxygen atoms in total. The van der Waals surface area contributed by atoms with Crippen molar-refractivity contribution in [3.63, 3.8) is 0 Å². The maximum absolute atomic E-state index is 12.7. The number of unbranched alkanes of at least 4 members (excludes halogenated alkanes) is 6. The molecule has 4 amide bonds. The van der Waals surface area contributed by atoms with E-state index >= 15 is 0 Å². The predicted octanol–water partition coefficient (Wildman–Crippen LogP) is 2.14. The van der Waals surface area contributed by atoms with Crippen molar-refractivity contribution in [3.8, 4) is 0 Å². The summed E-state index contributed by atoms with van der Waals surface area (Å²) in [6.45, 7) is 1.52. The first-order valence-electron chi connectivity index (χ1n) is 11.7. The molecular weight excluding hydrogens is 408 g/mol. The van der Waals surface area contributed by atoms with E-state index in [1.54, 1.807) is 6.07 Å². The summed E-state index contributed by atoms with van der Waals surface area (Å²) in [5, 5.41) is 5.26. The van der Waals surface area contributed by atoms with E-state index in [-0.39, 0.29) is 24.1 Å². The summed E-state index contributed by atoms with van der Waals surface area (Å²) in [5.74, 6) is -0.857. The molecule has 0 saturated carbocycles. The van der Waals surface area contributed by atoms with Crippen LogP contribution in [0.2, 0.25) is 0 Å². The van der Waals surface area contributed by atoms with Crippen molar-refractivity contribution in [2.75, 3.05) is 6.54 Å². The number of carbonyl (C=O) groups is 4. The Morgan fingerprint density at radius 1 is 1.06 bits per heavy atom. The van der Waals surface area contributed by atoms with Gasteiger partial charge in [0.2, 0.25) is 17.7 Å². The summed E-state index contributed by atoms with van der Waals surface area (Å²) in [6.07, 6.45) is 8.91. The molecule has 1 aromatic carbocycles. The summed E-state index contributed by atoms with van der Waals surface area (Å²) in [7, 11) is 0. The molecule has 0 aromatic heterocycles. The number of imide groups is 1. The molecule has 2 aliphatic rings. The molecule has 2 heterocycles. The zero-order chi connectivity index (χ0) is 22.9. The van der Waals surface area contributed by atoms with Gasteiger partial charge in [-0.15, -0.1) is 0 Å². The van der Waals surface area contributed by atoms with E-state index in [2.05, 4.69) is 10.6 Å². The normalized spacial score (nSPS) is 18.0. The van der Waals surface area contributed by atoms with Crippen LogP contribution in [0.25, 0.3) is 0 Å². The first-order valence-corrected chi connectivity index (χ1v) is 11.7. The molecule has 0 radical (unpaired) electrons. The van der Waals surface area contributed by atoms with E-state index in [1.165, 1.54) is 24.2 Å². The molecule has 1 saturated heterocycles. The first kappa shape index (κ1) is 23.9. The van der Waals surface area contributed by atoms with E-state index < -0.39 is 11.9 Å². The van der Waals surface area contributed by atoms with Gasteiger partial charge in [0, 0.05) is 31.5 Å². The van der Waals surface area contributed by atoms with Gasteiger partial charge in [0.15, 0.2) is 0 Å². The third-order valence-corrected chi connectivity index (χ3v) is 6.19. The third-order valence-electron chi connectivity index (χ3n) is 6.19. The summed E-state index contributed by atoms with van der Waals surface area (Å²) >= 11 is 0. The topological polar surface area (TPSA) is 122 Å². The zero-order valence-electron chi connectivity index (χ0n) is 18.7. The van der Waals surface area contributed by atoms with E-state index in [0.29, 0.717) is 31.5 Å². The van der Waals surface area contributed by atoms with Gasteiger partial charge >= 0.3 is 0 Å². The second kappa shape index (κ2) is 11.8. The number of nitrogens with two attached hydrogens (primary N) is 1. The van der Waals surface area contributed by atoms with Crippen LogP contribution in [0.15, 0.2) is 18.2 Å². The Bertz CT molecular complexity index is 854. The molecule has 8 heteroatoms. The molecule has 4 N–H and O–H groups in total. The highest BCUT2D eigenvalue weighted by molar-refractivity contribution is 6.05. The molecule has 1 atom stereocenters. The molecule has 1 fully saturated rings. The molecule has 1 aromatic rings. The zero-order valence-corrected chi connectivity index (χ0v) is 18.7.